The number of nitrogens with zero attached hydrogens (tertiary/aromatic N) is 3. The van der Waals surface area contributed by atoms with E-state index in [0.717, 1.165) is 46.7 Å². The molecule has 4 aromatic rings. The zero-order chi connectivity index (χ0) is 25.1. The van der Waals surface area contributed by atoms with Gasteiger partial charge < -0.3 is 14.4 Å². The molecule has 1 atom stereocenters. The quantitative estimate of drug-likeness (QED) is 0.309. The lowest BCUT2D eigenvalue weighted by atomic mass is 9.95. The van der Waals surface area contributed by atoms with Gasteiger partial charge in [0.25, 0.3) is 5.91 Å². The van der Waals surface area contributed by atoms with Crippen molar-refractivity contribution >= 4 is 5.91 Å². The third-order valence-corrected chi connectivity index (χ3v) is 6.65. The molecule has 3 aromatic carbocycles. The summed E-state index contributed by atoms with van der Waals surface area (Å²) < 4.78 is 12.9. The standard InChI is InChI=1S/C30H31N3O3/c1-4-20-36-25-16-12-23(13-17-25)28-26-27(22-10-14-24(35-3)15-11-22)31-32(2)29(26)30(34)33(28)19-18-21-8-6-5-7-9-21/h5-17,28H,4,18-20H2,1-3H3. The number of benzene rings is 3. The van der Waals surface area contributed by atoms with Gasteiger partial charge in [-0.05, 0) is 60.4 Å². The fraction of sp³-hybridized carbons (Fsp3) is 0.267. The molecule has 1 aromatic heterocycles. The van der Waals surface area contributed by atoms with Crippen LogP contribution in [-0.4, -0.2) is 40.8 Å². The number of ether oxygens (including phenoxy) is 2. The average molecular weight is 482 g/mol. The molecule has 0 saturated heterocycles. The lowest BCUT2D eigenvalue weighted by molar-refractivity contribution is 0.0742. The number of carbonyl (C=O) groups is 1. The molecule has 1 amide bonds. The van der Waals surface area contributed by atoms with Crippen molar-refractivity contribution in [2.24, 2.45) is 7.05 Å². The molecule has 2 heterocycles. The lowest BCUT2D eigenvalue weighted by Gasteiger charge is -2.27. The summed E-state index contributed by atoms with van der Waals surface area (Å²) in [6, 6.07) is 26.0. The van der Waals surface area contributed by atoms with Crippen molar-refractivity contribution < 1.29 is 14.3 Å². The minimum Gasteiger partial charge on any atom is -0.497 e. The van der Waals surface area contributed by atoms with Crippen LogP contribution in [0.5, 0.6) is 11.5 Å². The summed E-state index contributed by atoms with van der Waals surface area (Å²) in [7, 11) is 3.50. The van der Waals surface area contributed by atoms with Crippen LogP contribution in [0.1, 0.15) is 46.6 Å². The molecule has 0 fully saturated rings. The summed E-state index contributed by atoms with van der Waals surface area (Å²) in [5.74, 6) is 1.63. The molecule has 0 N–H and O–H groups in total. The van der Waals surface area contributed by atoms with Crippen LogP contribution in [0.25, 0.3) is 11.3 Å². The van der Waals surface area contributed by atoms with E-state index in [-0.39, 0.29) is 11.9 Å². The predicted molar refractivity (Wildman–Crippen MR) is 140 cm³/mol. The molecular weight excluding hydrogens is 450 g/mol. The number of aryl methyl sites for hydroxylation is 1. The Balaban J connectivity index is 1.56. The molecule has 1 unspecified atom stereocenters. The molecule has 0 saturated carbocycles. The SMILES string of the molecule is CCCOc1ccc(C2c3c(-c4ccc(OC)cc4)nn(C)c3C(=O)N2CCc2ccccc2)cc1. The zero-order valence-corrected chi connectivity index (χ0v) is 21.0. The predicted octanol–water partition coefficient (Wildman–Crippen LogP) is 5.67. The number of aromatic nitrogens is 2. The Morgan fingerprint density at radius 3 is 2.28 bits per heavy atom. The number of methoxy groups -OCH3 is 1. The maximum absolute atomic E-state index is 13.8. The minimum absolute atomic E-state index is 0.00648. The van der Waals surface area contributed by atoms with Crippen LogP contribution in [0.3, 0.4) is 0 Å². The molecule has 5 rings (SSSR count). The van der Waals surface area contributed by atoms with Crippen molar-refractivity contribution in [3.63, 3.8) is 0 Å². The van der Waals surface area contributed by atoms with Gasteiger partial charge in [-0.3, -0.25) is 9.48 Å². The highest BCUT2D eigenvalue weighted by Gasteiger charge is 2.43. The number of hydrogen-bond acceptors (Lipinski definition) is 4. The van der Waals surface area contributed by atoms with E-state index in [2.05, 4.69) is 31.2 Å². The van der Waals surface area contributed by atoms with Gasteiger partial charge in [0.2, 0.25) is 0 Å². The highest BCUT2D eigenvalue weighted by atomic mass is 16.5. The topological polar surface area (TPSA) is 56.6 Å². The molecular formula is C30H31N3O3. The Morgan fingerprint density at radius 2 is 1.61 bits per heavy atom. The summed E-state index contributed by atoms with van der Waals surface area (Å²) >= 11 is 0. The van der Waals surface area contributed by atoms with Crippen molar-refractivity contribution in [1.29, 1.82) is 0 Å². The average Bonchev–Trinajstić information content (AvgIpc) is 3.41. The number of rotatable bonds is 9. The van der Waals surface area contributed by atoms with Crippen molar-refractivity contribution in [3.05, 3.63) is 101 Å². The third kappa shape index (κ3) is 4.47. The second kappa shape index (κ2) is 10.3. The van der Waals surface area contributed by atoms with E-state index in [1.165, 1.54) is 5.56 Å². The molecule has 6 nitrogen and oxygen atoms in total. The maximum Gasteiger partial charge on any atom is 0.273 e. The number of carbonyl (C=O) groups excluding carboxylic acids is 1. The molecule has 0 radical (unpaired) electrons. The highest BCUT2D eigenvalue weighted by Crippen LogP contribution is 2.44. The second-order valence-electron chi connectivity index (χ2n) is 9.02. The second-order valence-corrected chi connectivity index (χ2v) is 9.02. The van der Waals surface area contributed by atoms with E-state index in [0.29, 0.717) is 18.8 Å². The smallest absolute Gasteiger partial charge is 0.273 e. The van der Waals surface area contributed by atoms with Gasteiger partial charge >= 0.3 is 0 Å². The fourth-order valence-electron chi connectivity index (χ4n) is 4.86. The van der Waals surface area contributed by atoms with Crippen LogP contribution in [0.15, 0.2) is 78.9 Å². The first kappa shape index (κ1) is 23.7. The van der Waals surface area contributed by atoms with Crippen molar-refractivity contribution in [2.75, 3.05) is 20.3 Å². The molecule has 0 bridgehead atoms. The van der Waals surface area contributed by atoms with Gasteiger partial charge in [-0.2, -0.15) is 5.10 Å². The van der Waals surface area contributed by atoms with Crippen LogP contribution >= 0.6 is 0 Å². The summed E-state index contributed by atoms with van der Waals surface area (Å²) in [6.07, 6.45) is 1.73. The molecule has 6 heteroatoms. The van der Waals surface area contributed by atoms with Crippen LogP contribution in [0.2, 0.25) is 0 Å². The van der Waals surface area contributed by atoms with Gasteiger partial charge in [-0.25, -0.2) is 0 Å². The van der Waals surface area contributed by atoms with E-state index >= 15 is 0 Å². The Kier molecular flexibility index (Phi) is 6.76. The molecule has 0 aliphatic carbocycles. The first-order chi connectivity index (χ1) is 17.6. The van der Waals surface area contributed by atoms with Crippen molar-refractivity contribution in [2.45, 2.75) is 25.8 Å². The Labute approximate surface area is 212 Å². The molecule has 1 aliphatic rings. The van der Waals surface area contributed by atoms with E-state index in [1.54, 1.807) is 11.8 Å². The highest BCUT2D eigenvalue weighted by molar-refractivity contribution is 6.00. The Hall–Kier alpha value is -4.06. The van der Waals surface area contributed by atoms with E-state index in [1.807, 2.05) is 66.5 Å². The zero-order valence-electron chi connectivity index (χ0n) is 21.0. The molecule has 1 aliphatic heterocycles. The normalized spacial score (nSPS) is 14.7. The van der Waals surface area contributed by atoms with Crippen LogP contribution in [0, 0.1) is 0 Å². The number of amides is 1. The van der Waals surface area contributed by atoms with Gasteiger partial charge in [0.15, 0.2) is 0 Å². The largest absolute Gasteiger partial charge is 0.497 e. The summed E-state index contributed by atoms with van der Waals surface area (Å²) in [4.78, 5) is 15.8. The number of hydrogen-bond donors (Lipinski definition) is 0. The van der Waals surface area contributed by atoms with Crippen molar-refractivity contribution in [3.8, 4) is 22.8 Å². The van der Waals surface area contributed by atoms with Gasteiger partial charge in [0.1, 0.15) is 17.2 Å². The fourth-order valence-corrected chi connectivity index (χ4v) is 4.86. The Morgan fingerprint density at radius 1 is 0.917 bits per heavy atom. The molecule has 36 heavy (non-hydrogen) atoms. The third-order valence-electron chi connectivity index (χ3n) is 6.65. The van der Waals surface area contributed by atoms with Gasteiger partial charge in [0.05, 0.1) is 25.5 Å². The summed E-state index contributed by atoms with van der Waals surface area (Å²) in [6.45, 7) is 3.38. The lowest BCUT2D eigenvalue weighted by Crippen LogP contribution is -2.32. The van der Waals surface area contributed by atoms with Gasteiger partial charge in [0, 0.05) is 24.7 Å². The first-order valence-electron chi connectivity index (χ1n) is 12.4. The molecule has 0 spiro atoms. The van der Waals surface area contributed by atoms with Gasteiger partial charge in [-0.1, -0.05) is 49.4 Å². The van der Waals surface area contributed by atoms with Crippen LogP contribution in [-0.2, 0) is 13.5 Å². The van der Waals surface area contributed by atoms with E-state index in [9.17, 15) is 4.79 Å². The summed E-state index contributed by atoms with van der Waals surface area (Å²) in [5.41, 5.74) is 5.62. The maximum atomic E-state index is 13.8. The first-order valence-corrected chi connectivity index (χ1v) is 12.4. The van der Waals surface area contributed by atoms with Crippen LogP contribution < -0.4 is 9.47 Å². The minimum atomic E-state index is -0.234. The molecule has 184 valence electrons. The van der Waals surface area contributed by atoms with Gasteiger partial charge in [-0.15, -0.1) is 0 Å². The summed E-state index contributed by atoms with van der Waals surface area (Å²) in [5, 5.41) is 4.80. The number of fused-ring (bicyclic) bond motifs is 1. The van der Waals surface area contributed by atoms with E-state index in [4.69, 9.17) is 14.6 Å². The van der Waals surface area contributed by atoms with E-state index < -0.39 is 0 Å². The van der Waals surface area contributed by atoms with Crippen LogP contribution in [0.4, 0.5) is 0 Å². The monoisotopic (exact) mass is 481 g/mol. The van der Waals surface area contributed by atoms with Crippen molar-refractivity contribution in [1.82, 2.24) is 14.7 Å². The Bertz CT molecular complexity index is 1330.